The van der Waals surface area contributed by atoms with Crippen LogP contribution in [0.2, 0.25) is 0 Å². The topological polar surface area (TPSA) is 57.3 Å². The van der Waals surface area contributed by atoms with E-state index in [1.54, 1.807) is 0 Å². The molecular formula is C7H7N3O. The molecule has 0 aliphatic carbocycles. The zero-order valence-corrected chi connectivity index (χ0v) is 5.75. The molecule has 0 radical (unpaired) electrons. The highest BCUT2D eigenvalue weighted by Crippen LogP contribution is 1.93. The van der Waals surface area contributed by atoms with Gasteiger partial charge in [-0.2, -0.15) is 0 Å². The lowest BCUT2D eigenvalue weighted by molar-refractivity contribution is 0.282. The highest BCUT2D eigenvalue weighted by atomic mass is 16.5. The van der Waals surface area contributed by atoms with E-state index in [0.29, 0.717) is 0 Å². The van der Waals surface area contributed by atoms with Crippen LogP contribution in [0.3, 0.4) is 0 Å². The van der Waals surface area contributed by atoms with Gasteiger partial charge in [-0.05, 0) is 10.8 Å². The first kappa shape index (κ1) is 7.40. The Balaban J connectivity index is 2.64. The number of nitrogens with zero attached hydrogens (tertiary/aromatic N) is 3. The maximum Gasteiger partial charge on any atom is 0.0587 e. The Hall–Kier alpha value is -1.71. The number of hydrogen-bond donors (Lipinski definition) is 1. The average Bonchev–Trinajstić information content (AvgIpc) is 2.07. The third kappa shape index (κ3) is 2.57. The Labute approximate surface area is 63.9 Å². The molecule has 0 fully saturated rings. The van der Waals surface area contributed by atoms with Crippen molar-refractivity contribution in [2.24, 2.45) is 15.6 Å². The van der Waals surface area contributed by atoms with Crippen LogP contribution in [0.4, 0.5) is 0 Å². The molecule has 0 amide bonds. The summed E-state index contributed by atoms with van der Waals surface area (Å²) in [7, 11) is 0. The van der Waals surface area contributed by atoms with E-state index in [1.165, 1.54) is 6.21 Å². The van der Waals surface area contributed by atoms with Crippen LogP contribution >= 0.6 is 0 Å². The fourth-order valence-corrected chi connectivity index (χ4v) is 0.655. The van der Waals surface area contributed by atoms with Gasteiger partial charge in [-0.3, -0.25) is 0 Å². The predicted octanol–water partition coefficient (Wildman–Crippen LogP) is 1.86. The van der Waals surface area contributed by atoms with Crippen LogP contribution < -0.4 is 0 Å². The predicted molar refractivity (Wildman–Crippen MR) is 40.7 cm³/mol. The monoisotopic (exact) mass is 149 g/mol. The summed E-state index contributed by atoms with van der Waals surface area (Å²) in [6.45, 7) is 0. The lowest BCUT2D eigenvalue weighted by atomic mass is 10.2. The van der Waals surface area contributed by atoms with Gasteiger partial charge < -0.3 is 5.21 Å². The Morgan fingerprint density at radius 1 is 1.18 bits per heavy atom. The molecule has 0 spiro atoms. The standard InChI is InChI=1S/C7H7N3O/c11-10-9-8-6-7-4-2-1-3-5-7/h1-6H,(H,9,11). The zero-order chi connectivity index (χ0) is 7.94. The van der Waals surface area contributed by atoms with Crippen LogP contribution in [0.5, 0.6) is 0 Å². The summed E-state index contributed by atoms with van der Waals surface area (Å²) < 4.78 is 0. The third-order valence-corrected chi connectivity index (χ3v) is 1.10. The lowest BCUT2D eigenvalue weighted by Crippen LogP contribution is -1.76. The van der Waals surface area contributed by atoms with E-state index in [0.717, 1.165) is 5.56 Å². The Kier molecular flexibility index (Phi) is 2.80. The molecule has 0 aliphatic rings. The summed E-state index contributed by atoms with van der Waals surface area (Å²) in [5.74, 6) is 0. The number of benzene rings is 1. The van der Waals surface area contributed by atoms with Gasteiger partial charge in [-0.25, -0.2) is 0 Å². The number of rotatable bonds is 2. The van der Waals surface area contributed by atoms with Crippen molar-refractivity contribution in [2.75, 3.05) is 0 Å². The fourth-order valence-electron chi connectivity index (χ4n) is 0.655. The van der Waals surface area contributed by atoms with Gasteiger partial charge in [0.1, 0.15) is 0 Å². The lowest BCUT2D eigenvalue weighted by Gasteiger charge is -1.85. The maximum atomic E-state index is 7.89. The quantitative estimate of drug-likeness (QED) is 0.389. The second-order valence-corrected chi connectivity index (χ2v) is 1.83. The first-order valence-electron chi connectivity index (χ1n) is 3.06. The van der Waals surface area contributed by atoms with Crippen molar-refractivity contribution in [3.05, 3.63) is 35.9 Å². The van der Waals surface area contributed by atoms with Crippen LogP contribution in [-0.2, 0) is 0 Å². The van der Waals surface area contributed by atoms with Gasteiger partial charge in [-0.1, -0.05) is 30.3 Å². The summed E-state index contributed by atoms with van der Waals surface area (Å²) >= 11 is 0. The summed E-state index contributed by atoms with van der Waals surface area (Å²) in [4.78, 5) is 0. The van der Waals surface area contributed by atoms with E-state index in [9.17, 15) is 0 Å². The van der Waals surface area contributed by atoms with Crippen molar-refractivity contribution < 1.29 is 5.21 Å². The molecule has 0 atom stereocenters. The molecule has 56 valence electrons. The molecule has 0 bridgehead atoms. The van der Waals surface area contributed by atoms with Crippen molar-refractivity contribution in [1.82, 2.24) is 0 Å². The second-order valence-electron chi connectivity index (χ2n) is 1.83. The molecule has 1 aromatic carbocycles. The van der Waals surface area contributed by atoms with Crippen LogP contribution in [0.25, 0.3) is 0 Å². The van der Waals surface area contributed by atoms with Gasteiger partial charge in [0.2, 0.25) is 0 Å². The van der Waals surface area contributed by atoms with Gasteiger partial charge in [0.05, 0.1) is 6.21 Å². The normalized spacial score (nSPS) is 11.3. The van der Waals surface area contributed by atoms with Gasteiger partial charge in [0, 0.05) is 5.28 Å². The molecular weight excluding hydrogens is 142 g/mol. The molecule has 0 aromatic heterocycles. The molecule has 4 nitrogen and oxygen atoms in total. The molecule has 0 unspecified atom stereocenters. The van der Waals surface area contributed by atoms with Crippen LogP contribution in [0.15, 0.2) is 45.9 Å². The molecule has 1 aromatic rings. The minimum atomic E-state index is 0.917. The Morgan fingerprint density at radius 3 is 2.55 bits per heavy atom. The van der Waals surface area contributed by atoms with E-state index in [2.05, 4.69) is 15.6 Å². The largest absolute Gasteiger partial charge is 0.393 e. The van der Waals surface area contributed by atoms with E-state index in [4.69, 9.17) is 5.21 Å². The Bertz CT molecular complexity index is 256. The minimum Gasteiger partial charge on any atom is -0.393 e. The van der Waals surface area contributed by atoms with E-state index < -0.39 is 0 Å². The van der Waals surface area contributed by atoms with Crippen LogP contribution in [-0.4, -0.2) is 11.4 Å². The highest BCUT2D eigenvalue weighted by Gasteiger charge is 1.80. The summed E-state index contributed by atoms with van der Waals surface area (Å²) in [5.41, 5.74) is 0.917. The molecule has 0 saturated carbocycles. The van der Waals surface area contributed by atoms with Crippen molar-refractivity contribution in [2.45, 2.75) is 0 Å². The molecule has 11 heavy (non-hydrogen) atoms. The molecule has 1 rings (SSSR count). The summed E-state index contributed by atoms with van der Waals surface area (Å²) in [6.07, 6.45) is 1.50. The van der Waals surface area contributed by atoms with Gasteiger partial charge in [0.15, 0.2) is 0 Å². The first-order valence-corrected chi connectivity index (χ1v) is 3.06. The molecule has 0 aliphatic heterocycles. The Morgan fingerprint density at radius 2 is 1.91 bits per heavy atom. The van der Waals surface area contributed by atoms with Crippen molar-refractivity contribution >= 4 is 6.21 Å². The fraction of sp³-hybridized carbons (Fsp3) is 0. The third-order valence-electron chi connectivity index (χ3n) is 1.10. The van der Waals surface area contributed by atoms with Crippen LogP contribution in [0, 0.1) is 0 Å². The number of hydrogen-bond acceptors (Lipinski definition) is 2. The van der Waals surface area contributed by atoms with E-state index >= 15 is 0 Å². The maximum absolute atomic E-state index is 7.89. The SMILES string of the molecule is ON=NN=Cc1ccccc1. The summed E-state index contributed by atoms with van der Waals surface area (Å²) in [5, 5.41) is 16.8. The van der Waals surface area contributed by atoms with E-state index in [1.807, 2.05) is 30.3 Å². The second kappa shape index (κ2) is 4.16. The van der Waals surface area contributed by atoms with Crippen LogP contribution in [0.1, 0.15) is 5.56 Å². The van der Waals surface area contributed by atoms with Crippen molar-refractivity contribution in [1.29, 1.82) is 0 Å². The highest BCUT2D eigenvalue weighted by molar-refractivity contribution is 5.79. The molecule has 0 saturated heterocycles. The van der Waals surface area contributed by atoms with Gasteiger partial charge in [0.25, 0.3) is 0 Å². The minimum absolute atomic E-state index is 0.917. The van der Waals surface area contributed by atoms with Gasteiger partial charge in [-0.15, -0.1) is 5.10 Å². The molecule has 4 heteroatoms. The van der Waals surface area contributed by atoms with Gasteiger partial charge >= 0.3 is 0 Å². The van der Waals surface area contributed by atoms with Crippen molar-refractivity contribution in [3.63, 3.8) is 0 Å². The average molecular weight is 149 g/mol. The summed E-state index contributed by atoms with van der Waals surface area (Å²) in [6, 6.07) is 9.42. The van der Waals surface area contributed by atoms with E-state index in [-0.39, 0.29) is 0 Å². The molecule has 1 N–H and O–H groups in total. The molecule has 0 heterocycles. The smallest absolute Gasteiger partial charge is 0.0587 e. The zero-order valence-electron chi connectivity index (χ0n) is 5.75. The first-order chi connectivity index (χ1) is 5.43. The van der Waals surface area contributed by atoms with Crippen molar-refractivity contribution in [3.8, 4) is 0 Å².